The van der Waals surface area contributed by atoms with E-state index < -0.39 is 0 Å². The predicted octanol–water partition coefficient (Wildman–Crippen LogP) is 6.96. The van der Waals surface area contributed by atoms with Crippen molar-refractivity contribution < 1.29 is 0 Å². The van der Waals surface area contributed by atoms with Gasteiger partial charge in [-0.05, 0) is 54.9 Å². The minimum Gasteiger partial charge on any atom is -0.315 e. The Hall–Kier alpha value is -2.88. The average molecular weight is 413 g/mol. The van der Waals surface area contributed by atoms with Crippen molar-refractivity contribution in [1.29, 1.82) is 0 Å². The summed E-state index contributed by atoms with van der Waals surface area (Å²) in [4.78, 5) is 14.3. The summed E-state index contributed by atoms with van der Waals surface area (Å²) < 4.78 is 0. The van der Waals surface area contributed by atoms with Gasteiger partial charge in [0.1, 0.15) is 18.2 Å². The van der Waals surface area contributed by atoms with Crippen LogP contribution in [0, 0.1) is 18.3 Å². The summed E-state index contributed by atoms with van der Waals surface area (Å²) in [7, 11) is 0. The topological polar surface area (TPSA) is 32.3 Å². The van der Waals surface area contributed by atoms with E-state index in [9.17, 15) is 0 Å². The summed E-state index contributed by atoms with van der Waals surface area (Å²) in [6.07, 6.45) is 6.04. The van der Waals surface area contributed by atoms with Crippen molar-refractivity contribution in [2.75, 3.05) is 9.80 Å². The van der Waals surface area contributed by atoms with Gasteiger partial charge in [-0.3, -0.25) is 0 Å². The van der Waals surface area contributed by atoms with Crippen LogP contribution < -0.4 is 9.80 Å². The monoisotopic (exact) mass is 412 g/mol. The van der Waals surface area contributed by atoms with E-state index in [1.807, 2.05) is 6.20 Å². The minimum atomic E-state index is 0.0443. The number of aryl methyl sites for hydroxylation is 1. The van der Waals surface area contributed by atoms with E-state index in [2.05, 4.69) is 97.9 Å². The van der Waals surface area contributed by atoms with E-state index in [1.54, 1.807) is 6.33 Å². The van der Waals surface area contributed by atoms with Crippen LogP contribution in [0.4, 0.5) is 22.9 Å². The van der Waals surface area contributed by atoms with E-state index in [1.165, 1.54) is 22.5 Å². The molecule has 0 amide bonds. The molecule has 2 aliphatic heterocycles. The van der Waals surface area contributed by atoms with Gasteiger partial charge in [0.25, 0.3) is 0 Å². The highest BCUT2D eigenvalue weighted by Gasteiger charge is 2.55. The second kappa shape index (κ2) is 7.37. The van der Waals surface area contributed by atoms with Crippen molar-refractivity contribution in [2.45, 2.75) is 59.5 Å². The fourth-order valence-corrected chi connectivity index (χ4v) is 6.03. The van der Waals surface area contributed by atoms with Crippen molar-refractivity contribution in [1.82, 2.24) is 9.97 Å². The summed E-state index contributed by atoms with van der Waals surface area (Å²) >= 11 is 0. The molecule has 0 bridgehead atoms. The maximum atomic E-state index is 4.84. The molecule has 4 atom stereocenters. The maximum absolute atomic E-state index is 4.84. The summed E-state index contributed by atoms with van der Waals surface area (Å²) in [6.45, 7) is 11.8. The Labute approximate surface area is 186 Å². The van der Waals surface area contributed by atoms with Gasteiger partial charge in [0.2, 0.25) is 0 Å². The van der Waals surface area contributed by atoms with Crippen LogP contribution in [-0.4, -0.2) is 16.1 Å². The summed E-state index contributed by atoms with van der Waals surface area (Å²) in [6, 6.07) is 17.7. The van der Waals surface area contributed by atoms with Gasteiger partial charge in [-0.2, -0.15) is 0 Å². The number of benzene rings is 2. The molecule has 0 radical (unpaired) electrons. The number of rotatable bonds is 3. The van der Waals surface area contributed by atoms with Crippen molar-refractivity contribution in [3.8, 4) is 0 Å². The number of hydrogen-bond donors (Lipinski definition) is 0. The standard InChI is InChI=1S/C27H32N4/c1-6-20-19(4)27(5,7-2)26-30(22-14-10-8-12-18(22)3)24-16-28-17-29-25(24)31(26)23-15-11-9-13-21(20)23/h8-17,19-20,26H,6-7H2,1-5H3. The van der Waals surface area contributed by atoms with Crippen LogP contribution in [0.1, 0.15) is 57.6 Å². The third kappa shape index (κ3) is 2.73. The first-order valence-electron chi connectivity index (χ1n) is 11.6. The van der Waals surface area contributed by atoms with Gasteiger partial charge < -0.3 is 9.80 Å². The van der Waals surface area contributed by atoms with Gasteiger partial charge >= 0.3 is 0 Å². The van der Waals surface area contributed by atoms with Gasteiger partial charge in [-0.25, -0.2) is 9.97 Å². The van der Waals surface area contributed by atoms with Crippen LogP contribution in [0.25, 0.3) is 0 Å². The quantitative estimate of drug-likeness (QED) is 0.465. The second-order valence-corrected chi connectivity index (χ2v) is 9.35. The number of aromatic nitrogens is 2. The molecule has 4 nitrogen and oxygen atoms in total. The van der Waals surface area contributed by atoms with Gasteiger partial charge in [-0.1, -0.05) is 64.1 Å². The molecule has 160 valence electrons. The lowest BCUT2D eigenvalue weighted by molar-refractivity contribution is 0.131. The van der Waals surface area contributed by atoms with Crippen LogP contribution in [0.2, 0.25) is 0 Å². The molecule has 31 heavy (non-hydrogen) atoms. The van der Waals surface area contributed by atoms with Crippen LogP contribution >= 0.6 is 0 Å². The maximum Gasteiger partial charge on any atom is 0.162 e. The lowest BCUT2D eigenvalue weighted by atomic mass is 9.66. The Morgan fingerprint density at radius 1 is 0.935 bits per heavy atom. The van der Waals surface area contributed by atoms with Crippen LogP contribution in [0.5, 0.6) is 0 Å². The number of para-hydroxylation sites is 2. The Kier molecular flexibility index (Phi) is 4.76. The first-order chi connectivity index (χ1) is 15.0. The Morgan fingerprint density at radius 2 is 1.65 bits per heavy atom. The molecule has 0 aliphatic carbocycles. The molecule has 3 aromatic rings. The third-order valence-corrected chi connectivity index (χ3v) is 8.06. The molecule has 1 aromatic heterocycles. The summed E-state index contributed by atoms with van der Waals surface area (Å²) in [5.41, 5.74) is 6.39. The predicted molar refractivity (Wildman–Crippen MR) is 128 cm³/mol. The molecule has 0 fully saturated rings. The second-order valence-electron chi connectivity index (χ2n) is 9.35. The molecule has 2 aliphatic rings. The normalized spacial score (nSPS) is 26.8. The molecule has 0 spiro atoms. The number of hydrogen-bond acceptors (Lipinski definition) is 4. The van der Waals surface area contributed by atoms with Crippen molar-refractivity contribution in [2.24, 2.45) is 11.3 Å². The van der Waals surface area contributed by atoms with Gasteiger partial charge in [-0.15, -0.1) is 0 Å². The molecule has 4 unspecified atom stereocenters. The van der Waals surface area contributed by atoms with Crippen LogP contribution in [-0.2, 0) is 0 Å². The fraction of sp³-hybridized carbons (Fsp3) is 0.407. The van der Waals surface area contributed by atoms with E-state index in [4.69, 9.17) is 4.98 Å². The molecular weight excluding hydrogens is 380 g/mol. The molecule has 2 aromatic carbocycles. The number of anilines is 4. The Morgan fingerprint density at radius 3 is 2.35 bits per heavy atom. The SMILES string of the molecule is CCC1c2ccccc2N2c3ncncc3N(c3ccccc3C)C2C(C)(CC)C1C. The summed E-state index contributed by atoms with van der Waals surface area (Å²) in [5.74, 6) is 2.03. The van der Waals surface area contributed by atoms with Crippen LogP contribution in [0.3, 0.4) is 0 Å². The molecule has 0 N–H and O–H groups in total. The molecule has 4 heteroatoms. The van der Waals surface area contributed by atoms with Crippen molar-refractivity contribution in [3.63, 3.8) is 0 Å². The molecule has 0 saturated carbocycles. The molecule has 5 rings (SSSR count). The Bertz CT molecular complexity index is 1110. The molecule has 3 heterocycles. The number of fused-ring (bicyclic) bond motifs is 5. The van der Waals surface area contributed by atoms with Crippen molar-refractivity contribution >= 4 is 22.9 Å². The zero-order chi connectivity index (χ0) is 21.8. The van der Waals surface area contributed by atoms with Gasteiger partial charge in [0.15, 0.2) is 5.82 Å². The van der Waals surface area contributed by atoms with Crippen molar-refractivity contribution in [3.05, 3.63) is 72.2 Å². The largest absolute Gasteiger partial charge is 0.315 e. The van der Waals surface area contributed by atoms with Gasteiger partial charge in [0.05, 0.1) is 6.20 Å². The Balaban J connectivity index is 1.86. The summed E-state index contributed by atoms with van der Waals surface area (Å²) in [5, 5.41) is 0. The third-order valence-electron chi connectivity index (χ3n) is 8.06. The highest BCUT2D eigenvalue weighted by atomic mass is 15.5. The highest BCUT2D eigenvalue weighted by Crippen LogP contribution is 2.60. The molecular formula is C27H32N4. The molecule has 0 saturated heterocycles. The smallest absolute Gasteiger partial charge is 0.162 e. The van der Waals surface area contributed by atoms with Crippen LogP contribution in [0.15, 0.2) is 61.1 Å². The lowest BCUT2D eigenvalue weighted by Crippen LogP contribution is -2.52. The highest BCUT2D eigenvalue weighted by molar-refractivity contribution is 5.87. The first kappa shape index (κ1) is 20.0. The van der Waals surface area contributed by atoms with E-state index in [0.29, 0.717) is 11.8 Å². The van der Waals surface area contributed by atoms with Gasteiger partial charge in [0, 0.05) is 16.8 Å². The zero-order valence-electron chi connectivity index (χ0n) is 19.2. The van der Waals surface area contributed by atoms with E-state index >= 15 is 0 Å². The van der Waals surface area contributed by atoms with E-state index in [0.717, 1.165) is 24.3 Å². The lowest BCUT2D eigenvalue weighted by Gasteiger charge is -2.47. The minimum absolute atomic E-state index is 0.0443. The van der Waals surface area contributed by atoms with E-state index in [-0.39, 0.29) is 11.6 Å². The first-order valence-corrected chi connectivity index (χ1v) is 11.6. The average Bonchev–Trinajstić information content (AvgIpc) is 3.11. The zero-order valence-corrected chi connectivity index (χ0v) is 19.2. The fourth-order valence-electron chi connectivity index (χ4n) is 6.03. The number of nitrogens with zero attached hydrogens (tertiary/aromatic N) is 4.